The Morgan fingerprint density at radius 2 is 2.07 bits per heavy atom. The van der Waals surface area contributed by atoms with Crippen LogP contribution in [0.1, 0.15) is 23.9 Å². The van der Waals surface area contributed by atoms with Crippen molar-refractivity contribution in [2.75, 3.05) is 33.3 Å². The van der Waals surface area contributed by atoms with E-state index in [1.807, 2.05) is 44.2 Å². The van der Waals surface area contributed by atoms with Gasteiger partial charge in [-0.1, -0.05) is 17.3 Å². The van der Waals surface area contributed by atoms with Gasteiger partial charge in [-0.25, -0.2) is 0 Å². The van der Waals surface area contributed by atoms with Gasteiger partial charge in [0, 0.05) is 38.8 Å². The Bertz CT molecular complexity index is 753. The number of aromatic nitrogens is 1. The zero-order chi connectivity index (χ0) is 19.2. The third kappa shape index (κ3) is 5.30. The van der Waals surface area contributed by atoms with Crippen LogP contribution in [-0.2, 0) is 17.9 Å². The molecule has 7 nitrogen and oxygen atoms in total. The first-order valence-electron chi connectivity index (χ1n) is 9.34. The van der Waals surface area contributed by atoms with Crippen LogP contribution < -0.4 is 10.1 Å². The first-order chi connectivity index (χ1) is 13.0. The third-order valence-electron chi connectivity index (χ3n) is 4.99. The number of nitrogens with one attached hydrogen (secondary N) is 1. The molecule has 2 aromatic rings. The van der Waals surface area contributed by atoms with Gasteiger partial charge in [0.05, 0.1) is 25.4 Å². The molecule has 1 saturated heterocycles. The van der Waals surface area contributed by atoms with Gasteiger partial charge in [-0.2, -0.15) is 0 Å². The van der Waals surface area contributed by atoms with E-state index in [1.165, 1.54) is 0 Å². The summed E-state index contributed by atoms with van der Waals surface area (Å²) in [5.41, 5.74) is 1.94. The first-order valence-corrected chi connectivity index (χ1v) is 9.34. The number of hydrogen-bond acceptors (Lipinski definition) is 6. The maximum atomic E-state index is 12.5. The van der Waals surface area contributed by atoms with E-state index in [0.29, 0.717) is 6.54 Å². The highest BCUT2D eigenvalue weighted by atomic mass is 16.5. The SMILES string of the molecule is COc1cccc(CNC(=O)C(C)N2CCN(Cc3cc(C)no3)CC2)c1. The summed E-state index contributed by atoms with van der Waals surface area (Å²) < 4.78 is 10.5. The number of ether oxygens (including phenoxy) is 1. The van der Waals surface area contributed by atoms with Gasteiger partial charge >= 0.3 is 0 Å². The van der Waals surface area contributed by atoms with Crippen LogP contribution in [0.5, 0.6) is 5.75 Å². The van der Waals surface area contributed by atoms with Crippen molar-refractivity contribution >= 4 is 5.91 Å². The van der Waals surface area contributed by atoms with Gasteiger partial charge in [0.2, 0.25) is 5.91 Å². The molecule has 0 saturated carbocycles. The van der Waals surface area contributed by atoms with Gasteiger partial charge in [-0.3, -0.25) is 14.6 Å². The fourth-order valence-corrected chi connectivity index (χ4v) is 3.31. The number of hydrogen-bond donors (Lipinski definition) is 1. The maximum absolute atomic E-state index is 12.5. The van der Waals surface area contributed by atoms with Crippen molar-refractivity contribution in [3.05, 3.63) is 47.3 Å². The lowest BCUT2D eigenvalue weighted by Crippen LogP contribution is -2.53. The van der Waals surface area contributed by atoms with Gasteiger partial charge in [0.15, 0.2) is 5.76 Å². The topological polar surface area (TPSA) is 70.8 Å². The minimum atomic E-state index is -0.148. The Morgan fingerprint density at radius 3 is 2.74 bits per heavy atom. The Morgan fingerprint density at radius 1 is 1.30 bits per heavy atom. The lowest BCUT2D eigenvalue weighted by atomic mass is 10.2. The van der Waals surface area contributed by atoms with E-state index in [4.69, 9.17) is 9.26 Å². The molecule has 1 fully saturated rings. The lowest BCUT2D eigenvalue weighted by molar-refractivity contribution is -0.126. The summed E-state index contributed by atoms with van der Waals surface area (Å²) in [6, 6.07) is 9.57. The fourth-order valence-electron chi connectivity index (χ4n) is 3.31. The second-order valence-electron chi connectivity index (χ2n) is 6.99. The minimum Gasteiger partial charge on any atom is -0.497 e. The molecule has 7 heteroatoms. The van der Waals surface area contributed by atoms with Crippen LogP contribution in [0, 0.1) is 6.92 Å². The molecule has 1 aliphatic heterocycles. The molecule has 27 heavy (non-hydrogen) atoms. The van der Waals surface area contributed by atoms with E-state index in [-0.39, 0.29) is 11.9 Å². The number of amides is 1. The third-order valence-corrected chi connectivity index (χ3v) is 4.99. The van der Waals surface area contributed by atoms with Crippen LogP contribution in [0.15, 0.2) is 34.9 Å². The zero-order valence-electron chi connectivity index (χ0n) is 16.3. The Labute approximate surface area is 160 Å². The normalized spacial score (nSPS) is 16.9. The number of carbonyl (C=O) groups excluding carboxylic acids is 1. The second kappa shape index (κ2) is 9.01. The molecule has 1 aromatic heterocycles. The molecule has 0 aliphatic carbocycles. The molecule has 0 bridgehead atoms. The number of nitrogens with zero attached hydrogens (tertiary/aromatic N) is 3. The van der Waals surface area contributed by atoms with Crippen molar-refractivity contribution in [2.45, 2.75) is 33.0 Å². The number of rotatable bonds is 7. The van der Waals surface area contributed by atoms with Crippen molar-refractivity contribution in [1.29, 1.82) is 0 Å². The van der Waals surface area contributed by atoms with E-state index in [9.17, 15) is 4.79 Å². The van der Waals surface area contributed by atoms with Crippen molar-refractivity contribution in [2.24, 2.45) is 0 Å². The smallest absolute Gasteiger partial charge is 0.237 e. The number of aryl methyl sites for hydroxylation is 1. The van der Waals surface area contributed by atoms with Crippen LogP contribution in [-0.4, -0.2) is 60.2 Å². The molecule has 1 aliphatic rings. The molecule has 2 heterocycles. The van der Waals surface area contributed by atoms with E-state index in [2.05, 4.69) is 20.3 Å². The molecule has 1 unspecified atom stereocenters. The summed E-state index contributed by atoms with van der Waals surface area (Å²) in [5, 5.41) is 6.96. The number of piperazine rings is 1. The molecular formula is C20H28N4O3. The van der Waals surface area contributed by atoms with Crippen molar-refractivity contribution < 1.29 is 14.1 Å². The molecule has 3 rings (SSSR count). The largest absolute Gasteiger partial charge is 0.497 e. The number of benzene rings is 1. The number of methoxy groups -OCH3 is 1. The van der Waals surface area contributed by atoms with Crippen LogP contribution in [0.25, 0.3) is 0 Å². The number of carbonyl (C=O) groups is 1. The van der Waals surface area contributed by atoms with Crippen LogP contribution in [0.3, 0.4) is 0 Å². The zero-order valence-corrected chi connectivity index (χ0v) is 16.3. The summed E-state index contributed by atoms with van der Waals surface area (Å²) >= 11 is 0. The average molecular weight is 372 g/mol. The predicted octanol–water partition coefficient (Wildman–Crippen LogP) is 1.81. The summed E-state index contributed by atoms with van der Waals surface area (Å²) in [5.74, 6) is 1.75. The average Bonchev–Trinajstić information content (AvgIpc) is 3.11. The van der Waals surface area contributed by atoms with E-state index < -0.39 is 0 Å². The maximum Gasteiger partial charge on any atom is 0.237 e. The molecule has 0 radical (unpaired) electrons. The monoisotopic (exact) mass is 372 g/mol. The highest BCUT2D eigenvalue weighted by Gasteiger charge is 2.25. The summed E-state index contributed by atoms with van der Waals surface area (Å²) in [7, 11) is 1.64. The molecule has 1 amide bonds. The Hall–Kier alpha value is -2.38. The van der Waals surface area contributed by atoms with Crippen LogP contribution >= 0.6 is 0 Å². The standard InChI is InChI=1S/C20H28N4O3/c1-15-11-19(27-22-15)14-23-7-9-24(10-8-23)16(2)20(25)21-13-17-5-4-6-18(12-17)26-3/h4-6,11-12,16H,7-10,13-14H2,1-3H3,(H,21,25). The molecule has 0 spiro atoms. The molecule has 1 atom stereocenters. The first kappa shape index (κ1) is 19.4. The van der Waals surface area contributed by atoms with Crippen molar-refractivity contribution in [1.82, 2.24) is 20.3 Å². The fraction of sp³-hybridized carbons (Fsp3) is 0.500. The highest BCUT2D eigenvalue weighted by molar-refractivity contribution is 5.81. The lowest BCUT2D eigenvalue weighted by Gasteiger charge is -2.37. The molecule has 1 aromatic carbocycles. The van der Waals surface area contributed by atoms with Gasteiger partial charge in [-0.15, -0.1) is 0 Å². The van der Waals surface area contributed by atoms with Crippen LogP contribution in [0.2, 0.25) is 0 Å². The minimum absolute atomic E-state index is 0.0529. The van der Waals surface area contributed by atoms with Gasteiger partial charge < -0.3 is 14.6 Å². The van der Waals surface area contributed by atoms with Crippen molar-refractivity contribution in [3.63, 3.8) is 0 Å². The summed E-state index contributed by atoms with van der Waals surface area (Å²) in [4.78, 5) is 17.1. The van der Waals surface area contributed by atoms with Crippen LogP contribution in [0.4, 0.5) is 0 Å². The Balaban J connectivity index is 1.43. The summed E-state index contributed by atoms with van der Waals surface area (Å²) in [6.45, 7) is 8.71. The molecular weight excluding hydrogens is 344 g/mol. The van der Waals surface area contributed by atoms with E-state index in [1.54, 1.807) is 7.11 Å². The molecule has 146 valence electrons. The second-order valence-corrected chi connectivity index (χ2v) is 6.99. The quantitative estimate of drug-likeness (QED) is 0.799. The summed E-state index contributed by atoms with van der Waals surface area (Å²) in [6.07, 6.45) is 0. The van der Waals surface area contributed by atoms with Gasteiger partial charge in [0.1, 0.15) is 5.75 Å². The molecule has 1 N–H and O–H groups in total. The Kier molecular flexibility index (Phi) is 6.47. The van der Waals surface area contributed by atoms with Gasteiger partial charge in [0.25, 0.3) is 0 Å². The predicted molar refractivity (Wildman–Crippen MR) is 102 cm³/mol. The van der Waals surface area contributed by atoms with E-state index in [0.717, 1.165) is 55.5 Å². The van der Waals surface area contributed by atoms with E-state index >= 15 is 0 Å². The van der Waals surface area contributed by atoms with Gasteiger partial charge in [-0.05, 0) is 31.5 Å². The van der Waals surface area contributed by atoms with Crippen molar-refractivity contribution in [3.8, 4) is 5.75 Å². The highest BCUT2D eigenvalue weighted by Crippen LogP contribution is 2.14.